The van der Waals surface area contributed by atoms with E-state index in [0.29, 0.717) is 16.5 Å². The smallest absolute Gasteiger partial charge is 0.252 e. The Bertz CT molecular complexity index is 678. The molecule has 2 rings (SSSR count). The number of benzene rings is 1. The number of aromatic nitrogens is 1. The number of aliphatic hydroxyl groups is 1. The molecule has 1 aromatic heterocycles. The Morgan fingerprint density at radius 3 is 2.75 bits per heavy atom. The number of para-hydroxylation sites is 1. The summed E-state index contributed by atoms with van der Waals surface area (Å²) >= 11 is 0. The lowest BCUT2D eigenvalue weighted by atomic mass is 10.0. The van der Waals surface area contributed by atoms with Crippen LogP contribution >= 0.6 is 0 Å². The molecule has 1 heterocycles. The summed E-state index contributed by atoms with van der Waals surface area (Å²) in [7, 11) is 0. The lowest BCUT2D eigenvalue weighted by molar-refractivity contribution is 0.0918. The number of pyridine rings is 1. The molecule has 5 heteroatoms. The minimum Gasteiger partial charge on any atom is -0.396 e. The van der Waals surface area contributed by atoms with Crippen LogP contribution in [0.5, 0.6) is 0 Å². The van der Waals surface area contributed by atoms with Crippen molar-refractivity contribution >= 4 is 16.8 Å². The molecule has 0 aliphatic heterocycles. The highest BCUT2D eigenvalue weighted by atomic mass is 16.3. The summed E-state index contributed by atoms with van der Waals surface area (Å²) in [6.07, 6.45) is 0. The highest BCUT2D eigenvalue weighted by molar-refractivity contribution is 6.06. The second-order valence-electron chi connectivity index (χ2n) is 5.01. The third kappa shape index (κ3) is 2.88. The Balaban J connectivity index is 2.37. The monoisotopic (exact) mass is 274 g/mol. The molecular formula is C15H18N2O3. The molecule has 1 amide bonds. The Kier molecular flexibility index (Phi) is 4.20. The van der Waals surface area contributed by atoms with Gasteiger partial charge in [0.1, 0.15) is 0 Å². The summed E-state index contributed by atoms with van der Waals surface area (Å²) in [4.78, 5) is 26.6. The van der Waals surface area contributed by atoms with E-state index in [2.05, 4.69) is 10.3 Å². The number of hydrogen-bond acceptors (Lipinski definition) is 3. The van der Waals surface area contributed by atoms with Crippen LogP contribution < -0.4 is 10.9 Å². The molecule has 0 saturated carbocycles. The van der Waals surface area contributed by atoms with Crippen LogP contribution in [0, 0.1) is 5.92 Å². The number of carbonyl (C=O) groups is 1. The van der Waals surface area contributed by atoms with Gasteiger partial charge in [0.15, 0.2) is 0 Å². The molecule has 0 radical (unpaired) electrons. The lowest BCUT2D eigenvalue weighted by Gasteiger charge is -2.19. The van der Waals surface area contributed by atoms with Crippen molar-refractivity contribution < 1.29 is 9.90 Å². The van der Waals surface area contributed by atoms with Crippen LogP contribution in [0.3, 0.4) is 0 Å². The van der Waals surface area contributed by atoms with E-state index in [4.69, 9.17) is 5.11 Å². The molecule has 5 nitrogen and oxygen atoms in total. The van der Waals surface area contributed by atoms with Gasteiger partial charge in [0.25, 0.3) is 5.91 Å². The summed E-state index contributed by atoms with van der Waals surface area (Å²) in [5.41, 5.74) is 0.672. The van der Waals surface area contributed by atoms with Crippen molar-refractivity contribution in [3.63, 3.8) is 0 Å². The van der Waals surface area contributed by atoms with Gasteiger partial charge in [-0.15, -0.1) is 0 Å². The van der Waals surface area contributed by atoms with Gasteiger partial charge in [0.2, 0.25) is 5.56 Å². The number of fused-ring (bicyclic) bond motifs is 1. The van der Waals surface area contributed by atoms with E-state index in [1.54, 1.807) is 18.2 Å². The van der Waals surface area contributed by atoms with Crippen molar-refractivity contribution in [1.29, 1.82) is 0 Å². The number of carbonyl (C=O) groups excluding carboxylic acids is 1. The van der Waals surface area contributed by atoms with Crippen LogP contribution in [0.2, 0.25) is 0 Å². The van der Waals surface area contributed by atoms with Gasteiger partial charge in [-0.2, -0.15) is 0 Å². The Labute approximate surface area is 116 Å². The molecule has 0 bridgehead atoms. The largest absolute Gasteiger partial charge is 0.396 e. The van der Waals surface area contributed by atoms with E-state index in [1.165, 1.54) is 6.07 Å². The van der Waals surface area contributed by atoms with Crippen molar-refractivity contribution in [3.05, 3.63) is 46.2 Å². The molecule has 1 aromatic carbocycles. The quantitative estimate of drug-likeness (QED) is 0.785. The van der Waals surface area contributed by atoms with E-state index in [-0.39, 0.29) is 30.0 Å². The van der Waals surface area contributed by atoms with Gasteiger partial charge >= 0.3 is 0 Å². The molecule has 2 aromatic rings. The van der Waals surface area contributed by atoms with E-state index < -0.39 is 0 Å². The third-order valence-corrected chi connectivity index (χ3v) is 3.50. The van der Waals surface area contributed by atoms with Gasteiger partial charge in [0, 0.05) is 29.6 Å². The average Bonchev–Trinajstić information content (AvgIpc) is 2.45. The van der Waals surface area contributed by atoms with Crippen molar-refractivity contribution in [3.8, 4) is 0 Å². The first-order valence-corrected chi connectivity index (χ1v) is 6.56. The number of aliphatic hydroxyl groups excluding tert-OH is 1. The number of H-pyrrole nitrogens is 1. The summed E-state index contributed by atoms with van der Waals surface area (Å²) in [6.45, 7) is 3.67. The first kappa shape index (κ1) is 14.3. The fraction of sp³-hybridized carbons (Fsp3) is 0.333. The second-order valence-corrected chi connectivity index (χ2v) is 5.01. The summed E-state index contributed by atoms with van der Waals surface area (Å²) < 4.78 is 0. The first-order valence-electron chi connectivity index (χ1n) is 6.56. The molecule has 106 valence electrons. The fourth-order valence-corrected chi connectivity index (χ4v) is 1.98. The van der Waals surface area contributed by atoms with Crippen LogP contribution in [-0.2, 0) is 0 Å². The highest BCUT2D eigenvalue weighted by Crippen LogP contribution is 2.15. The standard InChI is InChI=1S/C15H18N2O3/c1-9(8-18)10(2)16-15(20)12-7-14(19)17-13-6-4-3-5-11(12)13/h3-7,9-10,18H,8H2,1-2H3,(H,16,20)(H,17,19). The van der Waals surface area contributed by atoms with E-state index in [9.17, 15) is 9.59 Å². The molecule has 2 unspecified atom stereocenters. The molecule has 0 aliphatic rings. The van der Waals surface area contributed by atoms with Crippen LogP contribution in [-0.4, -0.2) is 28.6 Å². The molecule has 0 spiro atoms. The minimum atomic E-state index is -0.309. The number of rotatable bonds is 4. The molecule has 0 fully saturated rings. The SMILES string of the molecule is CC(CO)C(C)NC(=O)c1cc(=O)[nH]c2ccccc12. The number of nitrogens with one attached hydrogen (secondary N) is 2. The van der Waals surface area contributed by atoms with Crippen LogP contribution in [0.25, 0.3) is 10.9 Å². The van der Waals surface area contributed by atoms with E-state index in [0.717, 1.165) is 0 Å². The molecule has 0 saturated heterocycles. The maximum atomic E-state index is 12.3. The first-order chi connectivity index (χ1) is 9.52. The zero-order valence-electron chi connectivity index (χ0n) is 11.5. The summed E-state index contributed by atoms with van der Waals surface area (Å²) in [6, 6.07) is 8.29. The zero-order chi connectivity index (χ0) is 14.7. The van der Waals surface area contributed by atoms with Crippen molar-refractivity contribution in [1.82, 2.24) is 10.3 Å². The molecule has 3 N–H and O–H groups in total. The molecule has 2 atom stereocenters. The van der Waals surface area contributed by atoms with Crippen molar-refractivity contribution in [2.75, 3.05) is 6.61 Å². The van der Waals surface area contributed by atoms with Gasteiger partial charge in [-0.3, -0.25) is 9.59 Å². The van der Waals surface area contributed by atoms with Gasteiger partial charge < -0.3 is 15.4 Å². The van der Waals surface area contributed by atoms with Gasteiger partial charge in [0.05, 0.1) is 5.56 Å². The van der Waals surface area contributed by atoms with Gasteiger partial charge in [-0.05, 0) is 18.9 Å². The topological polar surface area (TPSA) is 82.2 Å². The maximum absolute atomic E-state index is 12.3. The Morgan fingerprint density at radius 1 is 1.35 bits per heavy atom. The fourth-order valence-electron chi connectivity index (χ4n) is 1.98. The minimum absolute atomic E-state index is 0.00241. The average molecular weight is 274 g/mol. The predicted octanol–water partition coefficient (Wildman–Crippen LogP) is 1.27. The second kappa shape index (κ2) is 5.88. The summed E-state index contributed by atoms with van der Waals surface area (Å²) in [5, 5.41) is 12.6. The third-order valence-electron chi connectivity index (χ3n) is 3.50. The van der Waals surface area contributed by atoms with E-state index in [1.807, 2.05) is 19.9 Å². The number of hydrogen-bond donors (Lipinski definition) is 3. The number of amides is 1. The predicted molar refractivity (Wildman–Crippen MR) is 77.7 cm³/mol. The normalized spacial score (nSPS) is 13.9. The lowest BCUT2D eigenvalue weighted by Crippen LogP contribution is -2.38. The summed E-state index contributed by atoms with van der Waals surface area (Å²) in [5.74, 6) is -0.354. The molecule has 0 aliphatic carbocycles. The van der Waals surface area contributed by atoms with Crippen molar-refractivity contribution in [2.45, 2.75) is 19.9 Å². The van der Waals surface area contributed by atoms with E-state index >= 15 is 0 Å². The maximum Gasteiger partial charge on any atom is 0.252 e. The van der Waals surface area contributed by atoms with Gasteiger partial charge in [-0.25, -0.2) is 0 Å². The van der Waals surface area contributed by atoms with Crippen LogP contribution in [0.15, 0.2) is 35.1 Å². The Morgan fingerprint density at radius 2 is 2.05 bits per heavy atom. The van der Waals surface area contributed by atoms with Crippen LogP contribution in [0.4, 0.5) is 0 Å². The Hall–Kier alpha value is -2.14. The molecular weight excluding hydrogens is 256 g/mol. The number of aromatic amines is 1. The van der Waals surface area contributed by atoms with Crippen molar-refractivity contribution in [2.24, 2.45) is 5.92 Å². The zero-order valence-corrected chi connectivity index (χ0v) is 11.5. The molecule has 20 heavy (non-hydrogen) atoms. The van der Waals surface area contributed by atoms with Gasteiger partial charge in [-0.1, -0.05) is 25.1 Å². The van der Waals surface area contributed by atoms with Crippen LogP contribution in [0.1, 0.15) is 24.2 Å². The highest BCUT2D eigenvalue weighted by Gasteiger charge is 2.17.